The maximum absolute atomic E-state index is 13.7. The van der Waals surface area contributed by atoms with Crippen LogP contribution in [0, 0.1) is 17.0 Å². The van der Waals surface area contributed by atoms with Crippen LogP contribution >= 0.6 is 0 Å². The average Bonchev–Trinajstić information content (AvgIpc) is 2.73. The maximum atomic E-state index is 13.7. The lowest BCUT2D eigenvalue weighted by Gasteiger charge is -2.31. The van der Waals surface area contributed by atoms with Crippen molar-refractivity contribution in [1.29, 1.82) is 0 Å². The molecule has 0 bridgehead atoms. The molecule has 30 heavy (non-hydrogen) atoms. The van der Waals surface area contributed by atoms with Gasteiger partial charge in [0, 0.05) is 17.7 Å². The van der Waals surface area contributed by atoms with Crippen LogP contribution in [0.2, 0.25) is 0 Å². The predicted molar refractivity (Wildman–Crippen MR) is 115 cm³/mol. The quantitative estimate of drug-likeness (QED) is 0.397. The minimum atomic E-state index is -4.03. The molecule has 3 rings (SSSR count). The number of ether oxygens (including phenoxy) is 1. The fourth-order valence-electron chi connectivity index (χ4n) is 3.33. The number of aryl methyl sites for hydroxylation is 1. The van der Waals surface area contributed by atoms with E-state index in [1.54, 1.807) is 31.2 Å². The van der Waals surface area contributed by atoms with Crippen molar-refractivity contribution in [2.75, 3.05) is 11.4 Å². The van der Waals surface area contributed by atoms with Gasteiger partial charge in [0.05, 0.1) is 28.7 Å². The number of methoxy groups -OCH3 is 1. The van der Waals surface area contributed by atoms with E-state index in [9.17, 15) is 18.5 Å². The zero-order chi connectivity index (χ0) is 21.9. The standard InChI is InChI=1S/C22H22N2O5S/c1-16-7-6-8-19(15-16)23(17(2)21-9-4-5-10-22(21)29-3)30(27,28)20-13-11-18(12-14-20)24(25)26/h4-15,17H,1-3H3/t17-/m1/s1. The second kappa shape index (κ2) is 8.54. The number of anilines is 1. The zero-order valence-corrected chi connectivity index (χ0v) is 17.7. The van der Waals surface area contributed by atoms with Crippen LogP contribution in [-0.2, 0) is 10.0 Å². The van der Waals surface area contributed by atoms with Gasteiger partial charge in [-0.3, -0.25) is 14.4 Å². The summed E-state index contributed by atoms with van der Waals surface area (Å²) in [5, 5.41) is 11.0. The van der Waals surface area contributed by atoms with Gasteiger partial charge in [-0.2, -0.15) is 0 Å². The summed E-state index contributed by atoms with van der Waals surface area (Å²) in [5.41, 5.74) is 1.93. The van der Waals surface area contributed by atoms with Crippen molar-refractivity contribution in [1.82, 2.24) is 0 Å². The highest BCUT2D eigenvalue weighted by Gasteiger charge is 2.32. The number of nitro benzene ring substituents is 1. The molecule has 0 saturated heterocycles. The van der Waals surface area contributed by atoms with Gasteiger partial charge < -0.3 is 4.74 Å². The summed E-state index contributed by atoms with van der Waals surface area (Å²) in [6, 6.07) is 18.7. The molecule has 0 N–H and O–H groups in total. The Hall–Kier alpha value is -3.39. The molecule has 0 aliphatic carbocycles. The lowest BCUT2D eigenvalue weighted by molar-refractivity contribution is -0.384. The molecule has 0 fully saturated rings. The summed E-state index contributed by atoms with van der Waals surface area (Å²) < 4.78 is 34.1. The highest BCUT2D eigenvalue weighted by Crippen LogP contribution is 2.37. The first kappa shape index (κ1) is 21.3. The molecule has 0 saturated carbocycles. The van der Waals surface area contributed by atoms with Gasteiger partial charge in [-0.05, 0) is 49.7 Å². The topological polar surface area (TPSA) is 89.8 Å². The Kier molecular flexibility index (Phi) is 6.07. The van der Waals surface area contributed by atoms with Crippen molar-refractivity contribution in [2.45, 2.75) is 24.8 Å². The third-order valence-electron chi connectivity index (χ3n) is 4.80. The van der Waals surface area contributed by atoms with Gasteiger partial charge in [-0.1, -0.05) is 30.3 Å². The minimum absolute atomic E-state index is 0.0312. The first-order valence-corrected chi connectivity index (χ1v) is 10.7. The number of para-hydroxylation sites is 1. The number of benzene rings is 3. The van der Waals surface area contributed by atoms with Crippen molar-refractivity contribution in [3.8, 4) is 5.75 Å². The molecule has 0 spiro atoms. The van der Waals surface area contributed by atoms with Gasteiger partial charge in [-0.25, -0.2) is 8.42 Å². The first-order valence-electron chi connectivity index (χ1n) is 9.24. The molecule has 156 valence electrons. The van der Waals surface area contributed by atoms with E-state index < -0.39 is 21.0 Å². The van der Waals surface area contributed by atoms with E-state index in [4.69, 9.17) is 4.74 Å². The average molecular weight is 426 g/mol. The minimum Gasteiger partial charge on any atom is -0.496 e. The smallest absolute Gasteiger partial charge is 0.269 e. The number of nitro groups is 1. The third-order valence-corrected chi connectivity index (χ3v) is 6.71. The lowest BCUT2D eigenvalue weighted by atomic mass is 10.1. The van der Waals surface area contributed by atoms with Crippen molar-refractivity contribution in [2.24, 2.45) is 0 Å². The van der Waals surface area contributed by atoms with Crippen LogP contribution in [0.3, 0.4) is 0 Å². The summed E-state index contributed by atoms with van der Waals surface area (Å²) in [4.78, 5) is 10.4. The van der Waals surface area contributed by atoms with Gasteiger partial charge in [0.25, 0.3) is 15.7 Å². The van der Waals surface area contributed by atoms with E-state index in [1.165, 1.54) is 35.7 Å². The van der Waals surface area contributed by atoms with Crippen LogP contribution in [0.5, 0.6) is 5.75 Å². The Morgan fingerprint density at radius 1 is 1.00 bits per heavy atom. The van der Waals surface area contributed by atoms with Crippen LogP contribution in [0.25, 0.3) is 0 Å². The Morgan fingerprint density at radius 2 is 1.67 bits per heavy atom. The summed E-state index contributed by atoms with van der Waals surface area (Å²) in [7, 11) is -2.50. The highest BCUT2D eigenvalue weighted by atomic mass is 32.2. The second-order valence-electron chi connectivity index (χ2n) is 6.81. The second-order valence-corrected chi connectivity index (χ2v) is 8.62. The van der Waals surface area contributed by atoms with Crippen molar-refractivity contribution < 1.29 is 18.1 Å². The molecule has 7 nitrogen and oxygen atoms in total. The van der Waals surface area contributed by atoms with E-state index >= 15 is 0 Å². The van der Waals surface area contributed by atoms with Gasteiger partial charge in [0.1, 0.15) is 5.75 Å². The van der Waals surface area contributed by atoms with Crippen LogP contribution in [-0.4, -0.2) is 20.5 Å². The van der Waals surface area contributed by atoms with Crippen molar-refractivity contribution in [3.05, 3.63) is 94.0 Å². The lowest BCUT2D eigenvalue weighted by Crippen LogP contribution is -2.34. The fourth-order valence-corrected chi connectivity index (χ4v) is 4.95. The number of non-ortho nitro benzene ring substituents is 1. The molecule has 0 aromatic heterocycles. The molecule has 3 aromatic rings. The van der Waals surface area contributed by atoms with E-state index in [1.807, 2.05) is 31.2 Å². The normalized spacial score (nSPS) is 12.2. The number of sulfonamides is 1. The number of nitrogens with zero attached hydrogens (tertiary/aromatic N) is 2. The zero-order valence-electron chi connectivity index (χ0n) is 16.8. The third kappa shape index (κ3) is 4.13. The van der Waals surface area contributed by atoms with E-state index in [2.05, 4.69) is 0 Å². The number of hydrogen-bond donors (Lipinski definition) is 0. The van der Waals surface area contributed by atoms with Gasteiger partial charge >= 0.3 is 0 Å². The number of hydrogen-bond acceptors (Lipinski definition) is 5. The Balaban J connectivity index is 2.17. The monoisotopic (exact) mass is 426 g/mol. The Labute approximate surface area is 175 Å². The van der Waals surface area contributed by atoms with Gasteiger partial charge in [-0.15, -0.1) is 0 Å². The van der Waals surface area contributed by atoms with E-state index in [0.29, 0.717) is 17.0 Å². The summed E-state index contributed by atoms with van der Waals surface area (Å²) in [6.45, 7) is 3.66. The molecule has 8 heteroatoms. The molecule has 0 unspecified atom stereocenters. The Bertz CT molecular complexity index is 1160. The van der Waals surface area contributed by atoms with Crippen molar-refractivity contribution >= 4 is 21.4 Å². The van der Waals surface area contributed by atoms with Crippen molar-refractivity contribution in [3.63, 3.8) is 0 Å². The van der Waals surface area contributed by atoms with E-state index in [-0.39, 0.29) is 10.6 Å². The predicted octanol–water partition coefficient (Wildman–Crippen LogP) is 4.87. The van der Waals surface area contributed by atoms with Gasteiger partial charge in [0.15, 0.2) is 0 Å². The van der Waals surface area contributed by atoms with Crippen LogP contribution in [0.4, 0.5) is 11.4 Å². The molecular formula is C22H22N2O5S. The molecule has 0 radical (unpaired) electrons. The SMILES string of the molecule is COc1ccccc1[C@@H](C)N(c1cccc(C)c1)S(=O)(=O)c1ccc([N+](=O)[O-])cc1. The van der Waals surface area contributed by atoms with E-state index in [0.717, 1.165) is 5.56 Å². The van der Waals surface area contributed by atoms with Crippen LogP contribution in [0.15, 0.2) is 77.7 Å². The largest absolute Gasteiger partial charge is 0.496 e. The van der Waals surface area contributed by atoms with Crippen LogP contribution < -0.4 is 9.04 Å². The maximum Gasteiger partial charge on any atom is 0.269 e. The first-order chi connectivity index (χ1) is 14.3. The summed E-state index contributed by atoms with van der Waals surface area (Å²) in [6.07, 6.45) is 0. The Morgan fingerprint density at radius 3 is 2.27 bits per heavy atom. The molecule has 0 amide bonds. The van der Waals surface area contributed by atoms with Gasteiger partial charge in [0.2, 0.25) is 0 Å². The molecule has 1 atom stereocenters. The number of rotatable bonds is 7. The molecule has 0 heterocycles. The molecule has 0 aliphatic rings. The molecule has 3 aromatic carbocycles. The van der Waals surface area contributed by atoms with Crippen LogP contribution in [0.1, 0.15) is 24.1 Å². The summed E-state index contributed by atoms with van der Waals surface area (Å²) in [5.74, 6) is 0.571. The highest BCUT2D eigenvalue weighted by molar-refractivity contribution is 7.92. The summed E-state index contributed by atoms with van der Waals surface area (Å²) >= 11 is 0. The molecular weight excluding hydrogens is 404 g/mol. The molecule has 0 aliphatic heterocycles. The fraction of sp³-hybridized carbons (Fsp3) is 0.182.